The summed E-state index contributed by atoms with van der Waals surface area (Å²) >= 11 is 1.43. The fraction of sp³-hybridized carbons (Fsp3) is 0.909. The number of nitrogens with zero attached hydrogens (tertiary/aromatic N) is 2. The van der Waals surface area contributed by atoms with E-state index >= 15 is 0 Å². The lowest BCUT2D eigenvalue weighted by Gasteiger charge is -2.33. The molecule has 0 aromatic rings. The van der Waals surface area contributed by atoms with Gasteiger partial charge in [-0.05, 0) is 6.42 Å². The van der Waals surface area contributed by atoms with Gasteiger partial charge in [-0.25, -0.2) is 4.39 Å². The van der Waals surface area contributed by atoms with Gasteiger partial charge in [0, 0.05) is 13.0 Å². The lowest BCUT2D eigenvalue weighted by atomic mass is 10.0. The molecule has 3 heterocycles. The Bertz CT molecular complexity index is 357. The van der Waals surface area contributed by atoms with Crippen LogP contribution in [0.2, 0.25) is 0 Å². The van der Waals surface area contributed by atoms with Crippen molar-refractivity contribution in [3.05, 3.63) is 0 Å². The van der Waals surface area contributed by atoms with Crippen LogP contribution >= 0.6 is 11.8 Å². The molecule has 0 bridgehead atoms. The molecule has 5 nitrogen and oxygen atoms in total. The van der Waals surface area contributed by atoms with Crippen LogP contribution in [0, 0.1) is 0 Å². The monoisotopic (exact) mass is 276 g/mol. The minimum absolute atomic E-state index is 0.0908. The topological polar surface area (TPSA) is 65.3 Å². The summed E-state index contributed by atoms with van der Waals surface area (Å²) in [5.74, 6) is 0. The molecule has 0 spiro atoms. The van der Waals surface area contributed by atoms with Crippen LogP contribution in [0.4, 0.5) is 4.39 Å². The van der Waals surface area contributed by atoms with Crippen LogP contribution in [0.15, 0.2) is 4.99 Å². The van der Waals surface area contributed by atoms with Crippen LogP contribution in [0.1, 0.15) is 12.8 Å². The van der Waals surface area contributed by atoms with Gasteiger partial charge < -0.3 is 19.8 Å². The van der Waals surface area contributed by atoms with Crippen molar-refractivity contribution in [3.8, 4) is 0 Å². The van der Waals surface area contributed by atoms with E-state index in [1.807, 2.05) is 4.90 Å². The summed E-state index contributed by atoms with van der Waals surface area (Å²) in [6, 6.07) is -0.286. The van der Waals surface area contributed by atoms with Crippen molar-refractivity contribution in [2.24, 2.45) is 4.99 Å². The summed E-state index contributed by atoms with van der Waals surface area (Å²) in [6.45, 7) is 0.962. The third-order valence-electron chi connectivity index (χ3n) is 3.59. The number of hydrogen-bond donors (Lipinski definition) is 2. The first-order valence-corrected chi connectivity index (χ1v) is 7.13. The number of halogens is 1. The molecule has 0 aromatic carbocycles. The molecular weight excluding hydrogens is 259 g/mol. The van der Waals surface area contributed by atoms with Crippen LogP contribution < -0.4 is 0 Å². The first kappa shape index (κ1) is 12.7. The van der Waals surface area contributed by atoms with E-state index in [-0.39, 0.29) is 24.2 Å². The van der Waals surface area contributed by atoms with Gasteiger partial charge in [-0.15, -0.1) is 0 Å². The number of aliphatic hydroxyl groups is 2. The molecule has 0 saturated carbocycles. The zero-order valence-electron chi connectivity index (χ0n) is 9.91. The lowest BCUT2D eigenvalue weighted by Crippen LogP contribution is -2.45. The number of likely N-dealkylation sites (tertiary alicyclic amines) is 1. The Morgan fingerprint density at radius 1 is 1.56 bits per heavy atom. The smallest absolute Gasteiger partial charge is 0.162 e. The predicted molar refractivity (Wildman–Crippen MR) is 66.3 cm³/mol. The number of amidine groups is 1. The van der Waals surface area contributed by atoms with E-state index in [1.165, 1.54) is 11.8 Å². The summed E-state index contributed by atoms with van der Waals surface area (Å²) in [5, 5.41) is 19.9. The largest absolute Gasteiger partial charge is 0.394 e. The van der Waals surface area contributed by atoms with E-state index in [4.69, 9.17) is 9.84 Å². The molecule has 2 N–H and O–H groups in total. The van der Waals surface area contributed by atoms with Gasteiger partial charge >= 0.3 is 0 Å². The average Bonchev–Trinajstić information content (AvgIpc) is 2.94. The van der Waals surface area contributed by atoms with Gasteiger partial charge in [0.1, 0.15) is 17.6 Å². The van der Waals surface area contributed by atoms with Crippen LogP contribution in [0.5, 0.6) is 0 Å². The Hall–Kier alpha value is -0.370. The van der Waals surface area contributed by atoms with Gasteiger partial charge in [-0.3, -0.25) is 4.99 Å². The van der Waals surface area contributed by atoms with Crippen molar-refractivity contribution in [3.63, 3.8) is 0 Å². The fourth-order valence-electron chi connectivity index (χ4n) is 2.59. The van der Waals surface area contributed by atoms with Gasteiger partial charge in [-0.2, -0.15) is 0 Å². The number of alkyl halides is 1. The van der Waals surface area contributed by atoms with Crippen LogP contribution in [-0.4, -0.2) is 69.8 Å². The highest BCUT2D eigenvalue weighted by molar-refractivity contribution is 8.14. The molecule has 5 atom stereocenters. The number of hydrogen-bond acceptors (Lipinski definition) is 6. The van der Waals surface area contributed by atoms with E-state index in [1.54, 1.807) is 0 Å². The molecule has 0 amide bonds. The highest BCUT2D eigenvalue weighted by atomic mass is 32.2. The number of rotatable bonds is 1. The van der Waals surface area contributed by atoms with Crippen molar-refractivity contribution in [2.45, 2.75) is 42.7 Å². The van der Waals surface area contributed by atoms with Gasteiger partial charge in [0.25, 0.3) is 0 Å². The zero-order valence-corrected chi connectivity index (χ0v) is 10.7. The van der Waals surface area contributed by atoms with Gasteiger partial charge in [-0.1, -0.05) is 11.8 Å². The molecule has 0 aliphatic carbocycles. The second-order valence-corrected chi connectivity index (χ2v) is 6.03. The average molecular weight is 276 g/mol. The van der Waals surface area contributed by atoms with Gasteiger partial charge in [0.15, 0.2) is 5.17 Å². The Kier molecular flexibility index (Phi) is 3.48. The highest BCUT2D eigenvalue weighted by Gasteiger charge is 2.44. The molecule has 2 fully saturated rings. The molecular formula is C11H17FN2O3S. The molecule has 0 radical (unpaired) electrons. The third kappa shape index (κ3) is 2.24. The van der Waals surface area contributed by atoms with E-state index < -0.39 is 12.3 Å². The third-order valence-corrected chi connectivity index (χ3v) is 4.79. The minimum Gasteiger partial charge on any atom is -0.394 e. The first-order chi connectivity index (χ1) is 8.67. The maximum absolute atomic E-state index is 13.2. The molecule has 7 heteroatoms. The Morgan fingerprint density at radius 2 is 2.39 bits per heavy atom. The number of thioether (sulfide) groups is 1. The van der Waals surface area contributed by atoms with Gasteiger partial charge in [0.05, 0.1) is 25.4 Å². The molecule has 0 aromatic heterocycles. The Morgan fingerprint density at radius 3 is 3.06 bits per heavy atom. The fourth-order valence-corrected chi connectivity index (χ4v) is 3.89. The number of aliphatic hydroxyl groups excluding tert-OH is 2. The molecule has 2 saturated heterocycles. The number of ether oxygens (including phenoxy) is 1. The van der Waals surface area contributed by atoms with Crippen LogP contribution in [0.3, 0.4) is 0 Å². The van der Waals surface area contributed by atoms with Gasteiger partial charge in [0.2, 0.25) is 0 Å². The quantitative estimate of drug-likeness (QED) is 0.704. The number of aliphatic imine (C=N–C) groups is 1. The maximum Gasteiger partial charge on any atom is 0.162 e. The molecule has 102 valence electrons. The molecule has 18 heavy (non-hydrogen) atoms. The standard InChI is InChI=1S/C11H17FN2O3S/c12-6-1-2-14(4-6)11-13-9-8(16)3-7(5-15)17-10(9)18-11/h6-10,15-16H,1-5H2/t6-,7-,8-,9+,10+/m0/s1. The zero-order chi connectivity index (χ0) is 12.7. The van der Waals surface area contributed by atoms with E-state index in [2.05, 4.69) is 4.99 Å². The Balaban J connectivity index is 1.68. The molecule has 3 aliphatic heterocycles. The van der Waals surface area contributed by atoms with Crippen LogP contribution in [0.25, 0.3) is 0 Å². The summed E-state index contributed by atoms with van der Waals surface area (Å²) < 4.78 is 18.8. The molecule has 0 unspecified atom stereocenters. The summed E-state index contributed by atoms with van der Waals surface area (Å²) in [7, 11) is 0. The SMILES string of the molecule is OC[C@@H]1C[C@H](O)[C@H]2N=C(N3CC[C@H](F)C3)S[C@H]2O1. The van der Waals surface area contributed by atoms with Crippen molar-refractivity contribution in [1.82, 2.24) is 4.90 Å². The number of fused-ring (bicyclic) bond motifs is 1. The summed E-state index contributed by atoms with van der Waals surface area (Å²) in [5.41, 5.74) is -0.250. The normalized spacial score (nSPS) is 44.1. The summed E-state index contributed by atoms with van der Waals surface area (Å²) in [4.78, 5) is 6.37. The van der Waals surface area contributed by atoms with Crippen molar-refractivity contribution in [2.75, 3.05) is 19.7 Å². The Labute approximate surface area is 109 Å². The molecule has 3 aliphatic rings. The highest BCUT2D eigenvalue weighted by Crippen LogP contribution is 2.38. The van der Waals surface area contributed by atoms with E-state index in [0.29, 0.717) is 25.9 Å². The van der Waals surface area contributed by atoms with Crippen molar-refractivity contribution < 1.29 is 19.3 Å². The lowest BCUT2D eigenvalue weighted by molar-refractivity contribution is -0.0875. The van der Waals surface area contributed by atoms with Crippen LogP contribution in [-0.2, 0) is 4.74 Å². The van der Waals surface area contributed by atoms with Crippen molar-refractivity contribution >= 4 is 16.9 Å². The minimum atomic E-state index is -0.785. The van der Waals surface area contributed by atoms with E-state index in [0.717, 1.165) is 5.17 Å². The first-order valence-electron chi connectivity index (χ1n) is 6.25. The maximum atomic E-state index is 13.2. The second kappa shape index (κ2) is 4.96. The van der Waals surface area contributed by atoms with E-state index in [9.17, 15) is 9.50 Å². The van der Waals surface area contributed by atoms with Crippen molar-refractivity contribution in [1.29, 1.82) is 0 Å². The predicted octanol–water partition coefficient (Wildman–Crippen LogP) is -0.0302. The summed E-state index contributed by atoms with van der Waals surface area (Å²) in [6.07, 6.45) is -0.754. The second-order valence-electron chi connectivity index (χ2n) is 4.96. The molecule has 3 rings (SSSR count).